The van der Waals surface area contributed by atoms with Crippen LogP contribution in [0, 0.1) is 5.92 Å². The van der Waals surface area contributed by atoms with Gasteiger partial charge < -0.3 is 42.6 Å². The summed E-state index contributed by atoms with van der Waals surface area (Å²) < 4.78 is 7.47. The Kier molecular flexibility index (Phi) is 7.23. The molecular weight excluding hydrogens is 408 g/mol. The molecule has 6 atom stereocenters. The Morgan fingerprint density at radius 1 is 1.32 bits per heavy atom. The fraction of sp³-hybridized carbons (Fsp3) is 0.667. The Bertz CT molecular complexity index is 908. The number of hydrogen-bond donors (Lipinski definition) is 7. The molecule has 13 heteroatoms. The second-order valence-electron chi connectivity index (χ2n) is 7.88. The normalized spacial score (nSPS) is 25.6. The lowest BCUT2D eigenvalue weighted by molar-refractivity contribution is -0.138. The highest BCUT2D eigenvalue weighted by Gasteiger charge is 2.44. The predicted molar refractivity (Wildman–Crippen MR) is 112 cm³/mol. The van der Waals surface area contributed by atoms with Crippen LogP contribution in [0.1, 0.15) is 32.4 Å². The van der Waals surface area contributed by atoms with Crippen molar-refractivity contribution in [3.63, 3.8) is 0 Å². The van der Waals surface area contributed by atoms with Gasteiger partial charge in [-0.3, -0.25) is 9.36 Å². The van der Waals surface area contributed by atoms with Crippen molar-refractivity contribution >= 4 is 28.9 Å². The molecule has 0 spiro atoms. The highest BCUT2D eigenvalue weighted by atomic mass is 16.6. The van der Waals surface area contributed by atoms with Crippen molar-refractivity contribution in [2.75, 3.05) is 24.1 Å². The van der Waals surface area contributed by atoms with E-state index in [0.717, 1.165) is 0 Å². The van der Waals surface area contributed by atoms with E-state index in [0.29, 0.717) is 43.5 Å². The van der Waals surface area contributed by atoms with Gasteiger partial charge in [0.25, 0.3) is 0 Å². The number of nitrogens with zero attached hydrogens (tertiary/aromatic N) is 4. The molecule has 13 nitrogen and oxygen atoms in total. The first kappa shape index (κ1) is 23.1. The summed E-state index contributed by atoms with van der Waals surface area (Å²) in [4.78, 5) is 23.6. The summed E-state index contributed by atoms with van der Waals surface area (Å²) in [5, 5.41) is 33.0. The third-order valence-corrected chi connectivity index (χ3v) is 5.41. The smallest absolute Gasteiger partial charge is 0.320 e. The second-order valence-corrected chi connectivity index (χ2v) is 7.88. The monoisotopic (exact) mass is 438 g/mol. The molecule has 0 amide bonds. The minimum atomic E-state index is -1.22. The number of aromatic nitrogens is 4. The Morgan fingerprint density at radius 3 is 2.74 bits per heavy atom. The summed E-state index contributed by atoms with van der Waals surface area (Å²) in [5.74, 6) is -0.588. The van der Waals surface area contributed by atoms with E-state index in [1.807, 2.05) is 6.92 Å². The molecule has 3 heterocycles. The number of imidazole rings is 1. The van der Waals surface area contributed by atoms with Crippen LogP contribution in [0.2, 0.25) is 0 Å². The van der Waals surface area contributed by atoms with Gasteiger partial charge in [0.1, 0.15) is 23.8 Å². The van der Waals surface area contributed by atoms with Crippen LogP contribution in [0.4, 0.5) is 11.8 Å². The maximum absolute atomic E-state index is 10.9. The number of nitrogen functional groups attached to an aromatic ring is 1. The molecule has 1 aliphatic heterocycles. The lowest BCUT2D eigenvalue weighted by Gasteiger charge is -2.20. The number of anilines is 2. The first-order chi connectivity index (χ1) is 14.7. The zero-order valence-electron chi connectivity index (χ0n) is 17.3. The number of carboxylic acid groups (broad SMARTS) is 1. The van der Waals surface area contributed by atoms with Gasteiger partial charge in [-0.25, -0.2) is 4.98 Å². The number of ether oxygens (including phenoxy) is 1. The number of carboxylic acids is 1. The van der Waals surface area contributed by atoms with Gasteiger partial charge in [0, 0.05) is 13.1 Å². The largest absolute Gasteiger partial charge is 0.480 e. The lowest BCUT2D eigenvalue weighted by Crippen LogP contribution is -2.33. The van der Waals surface area contributed by atoms with Crippen LogP contribution < -0.4 is 22.5 Å². The lowest BCUT2D eigenvalue weighted by atomic mass is 9.93. The van der Waals surface area contributed by atoms with E-state index in [1.54, 1.807) is 0 Å². The topological polar surface area (TPSA) is 221 Å². The summed E-state index contributed by atoms with van der Waals surface area (Å²) in [6.07, 6.45) is -1.20. The number of aliphatic hydroxyl groups is 2. The van der Waals surface area contributed by atoms with E-state index >= 15 is 0 Å². The summed E-state index contributed by atoms with van der Waals surface area (Å²) in [5.41, 5.74) is 17.7. The predicted octanol–water partition coefficient (Wildman–Crippen LogP) is -1.38. The van der Waals surface area contributed by atoms with E-state index in [-0.39, 0.29) is 17.7 Å². The Balaban J connectivity index is 1.74. The van der Waals surface area contributed by atoms with Gasteiger partial charge in [-0.15, -0.1) is 0 Å². The molecule has 0 aromatic carbocycles. The Morgan fingerprint density at radius 2 is 2.06 bits per heavy atom. The molecule has 6 unspecified atom stereocenters. The minimum Gasteiger partial charge on any atom is -0.480 e. The number of rotatable bonds is 10. The van der Waals surface area contributed by atoms with Gasteiger partial charge in [-0.1, -0.05) is 6.92 Å². The first-order valence-electron chi connectivity index (χ1n) is 10.2. The maximum atomic E-state index is 10.9. The van der Waals surface area contributed by atoms with Crippen LogP contribution in [0.3, 0.4) is 0 Å². The van der Waals surface area contributed by atoms with Gasteiger partial charge in [0.05, 0.1) is 12.4 Å². The standard InChI is InChI=1S/C18H30N8O5/c1-8(2-3-9(20)17(29)30)6-10-12(27)13(28)16(31-10)26-7-23-11-14(21)24-18(22-5-4-19)25-15(11)26/h7-10,12-13,16,27-28H,2-6,19-20H2,1H3,(H,29,30)(H3,21,22,24,25). The van der Waals surface area contributed by atoms with Crippen molar-refractivity contribution in [3.8, 4) is 0 Å². The van der Waals surface area contributed by atoms with Crippen LogP contribution in [0.5, 0.6) is 0 Å². The highest BCUT2D eigenvalue weighted by molar-refractivity contribution is 5.83. The molecule has 1 aliphatic rings. The fourth-order valence-electron chi connectivity index (χ4n) is 3.64. The molecule has 172 valence electrons. The third kappa shape index (κ3) is 5.02. The average molecular weight is 438 g/mol. The minimum absolute atomic E-state index is 0.0283. The van der Waals surface area contributed by atoms with E-state index < -0.39 is 36.6 Å². The second kappa shape index (κ2) is 9.70. The summed E-state index contributed by atoms with van der Waals surface area (Å²) in [7, 11) is 0. The summed E-state index contributed by atoms with van der Waals surface area (Å²) in [6, 6.07) is -0.931. The highest BCUT2D eigenvalue weighted by Crippen LogP contribution is 2.35. The van der Waals surface area contributed by atoms with Crippen LogP contribution in [0.25, 0.3) is 11.2 Å². The van der Waals surface area contributed by atoms with Gasteiger partial charge in [0.2, 0.25) is 5.95 Å². The number of nitrogens with one attached hydrogen (secondary N) is 1. The van der Waals surface area contributed by atoms with Crippen LogP contribution in [0.15, 0.2) is 6.33 Å². The number of aliphatic hydroxyl groups excluding tert-OH is 2. The van der Waals surface area contributed by atoms with Gasteiger partial charge in [-0.05, 0) is 25.2 Å². The molecule has 0 aliphatic carbocycles. The van der Waals surface area contributed by atoms with E-state index in [4.69, 9.17) is 27.0 Å². The Labute approximate surface area is 178 Å². The number of carbonyl (C=O) groups is 1. The SMILES string of the molecule is CC(CCC(N)C(=O)O)CC1OC(n2cnc3c(N)nc(NCCN)nc32)C(O)C1O. The zero-order chi connectivity index (χ0) is 22.7. The van der Waals surface area contributed by atoms with Gasteiger partial charge >= 0.3 is 5.97 Å². The zero-order valence-corrected chi connectivity index (χ0v) is 17.3. The van der Waals surface area contributed by atoms with Crippen molar-refractivity contribution in [2.45, 2.75) is 56.8 Å². The van der Waals surface area contributed by atoms with Crippen LogP contribution >= 0.6 is 0 Å². The molecule has 0 radical (unpaired) electrons. The van der Waals surface area contributed by atoms with Crippen molar-refractivity contribution < 1.29 is 24.9 Å². The quantitative estimate of drug-likeness (QED) is 0.228. The molecule has 31 heavy (non-hydrogen) atoms. The molecule has 1 fully saturated rings. The van der Waals surface area contributed by atoms with E-state index in [9.17, 15) is 15.0 Å². The Hall–Kier alpha value is -2.58. The number of aliphatic carboxylic acids is 1. The van der Waals surface area contributed by atoms with Crippen molar-refractivity contribution in [2.24, 2.45) is 17.4 Å². The molecule has 10 N–H and O–H groups in total. The number of fused-ring (bicyclic) bond motifs is 1. The number of nitrogens with two attached hydrogens (primary N) is 3. The molecule has 0 bridgehead atoms. The van der Waals surface area contributed by atoms with Crippen LogP contribution in [-0.2, 0) is 9.53 Å². The molecule has 0 saturated carbocycles. The van der Waals surface area contributed by atoms with Crippen molar-refractivity contribution in [3.05, 3.63) is 6.33 Å². The van der Waals surface area contributed by atoms with E-state index in [2.05, 4.69) is 20.3 Å². The third-order valence-electron chi connectivity index (χ3n) is 5.41. The summed E-state index contributed by atoms with van der Waals surface area (Å²) in [6.45, 7) is 2.75. The molecule has 2 aromatic heterocycles. The summed E-state index contributed by atoms with van der Waals surface area (Å²) >= 11 is 0. The average Bonchev–Trinajstić information content (AvgIpc) is 3.27. The fourth-order valence-corrected chi connectivity index (χ4v) is 3.64. The molecule has 2 aromatic rings. The van der Waals surface area contributed by atoms with Crippen LogP contribution in [-0.4, -0.2) is 78.3 Å². The van der Waals surface area contributed by atoms with Crippen molar-refractivity contribution in [1.82, 2.24) is 19.5 Å². The van der Waals surface area contributed by atoms with E-state index in [1.165, 1.54) is 10.9 Å². The first-order valence-corrected chi connectivity index (χ1v) is 10.2. The molecular formula is C18H30N8O5. The maximum Gasteiger partial charge on any atom is 0.320 e. The van der Waals surface area contributed by atoms with Gasteiger partial charge in [0.15, 0.2) is 17.7 Å². The molecule has 1 saturated heterocycles. The van der Waals surface area contributed by atoms with Gasteiger partial charge in [-0.2, -0.15) is 9.97 Å². The van der Waals surface area contributed by atoms with Crippen molar-refractivity contribution in [1.29, 1.82) is 0 Å². The molecule has 3 rings (SSSR count). The number of hydrogen-bond acceptors (Lipinski definition) is 11.